The summed E-state index contributed by atoms with van der Waals surface area (Å²) in [7, 11) is 1.72. The van der Waals surface area contributed by atoms with Crippen LogP contribution >= 0.6 is 0 Å². The van der Waals surface area contributed by atoms with Crippen LogP contribution in [0.3, 0.4) is 0 Å². The molecule has 1 aliphatic heterocycles. The minimum absolute atomic E-state index is 0.268. The van der Waals surface area contributed by atoms with Gasteiger partial charge < -0.3 is 20.9 Å². The van der Waals surface area contributed by atoms with Crippen molar-refractivity contribution >= 4 is 40.7 Å². The third-order valence-corrected chi connectivity index (χ3v) is 6.36. The van der Waals surface area contributed by atoms with Crippen molar-refractivity contribution in [3.63, 3.8) is 0 Å². The van der Waals surface area contributed by atoms with Crippen LogP contribution in [0.5, 0.6) is 0 Å². The number of benzodiazepines with no additional fused rings is 1. The maximum absolute atomic E-state index is 13.3. The van der Waals surface area contributed by atoms with Crippen LogP contribution in [0.2, 0.25) is 0 Å². The van der Waals surface area contributed by atoms with E-state index in [9.17, 15) is 9.59 Å². The van der Waals surface area contributed by atoms with Crippen LogP contribution in [0.15, 0.2) is 53.5 Å². The van der Waals surface area contributed by atoms with Crippen LogP contribution < -0.4 is 20.9 Å². The zero-order chi connectivity index (χ0) is 24.2. The van der Waals surface area contributed by atoms with E-state index in [1.807, 2.05) is 30.3 Å². The average molecular weight is 474 g/mol. The number of H-pyrrole nitrogens is 1. The molecule has 0 radical (unpaired) electrons. The zero-order valence-corrected chi connectivity index (χ0v) is 19.4. The van der Waals surface area contributed by atoms with Gasteiger partial charge in [-0.3, -0.25) is 9.79 Å². The number of fused-ring (bicyclic) bond motifs is 1. The van der Waals surface area contributed by atoms with Crippen LogP contribution in [0.1, 0.15) is 37.7 Å². The van der Waals surface area contributed by atoms with Gasteiger partial charge in [0.2, 0.25) is 12.1 Å². The van der Waals surface area contributed by atoms with E-state index in [1.165, 1.54) is 6.42 Å². The molecule has 1 saturated carbocycles. The monoisotopic (exact) mass is 473 g/mol. The number of aromatic amines is 1. The SMILES string of the molecule is CN1C(=O)[C@H](NC(=O)Nc2cccc(Nc3nnn[nH]3)c2)N=C(C2CCCCC2)c2ccccc21. The number of carbonyl (C=O) groups is 2. The van der Waals surface area contributed by atoms with Crippen molar-refractivity contribution in [1.82, 2.24) is 25.9 Å². The topological polar surface area (TPSA) is 140 Å². The number of amides is 3. The van der Waals surface area contributed by atoms with Gasteiger partial charge in [-0.25, -0.2) is 9.89 Å². The molecule has 1 aromatic heterocycles. The summed E-state index contributed by atoms with van der Waals surface area (Å²) < 4.78 is 0. The van der Waals surface area contributed by atoms with Gasteiger partial charge in [0.05, 0.1) is 11.4 Å². The summed E-state index contributed by atoms with van der Waals surface area (Å²) in [5.41, 5.74) is 3.89. The lowest BCUT2D eigenvalue weighted by atomic mass is 9.83. The molecule has 11 heteroatoms. The highest BCUT2D eigenvalue weighted by molar-refractivity contribution is 6.14. The van der Waals surface area contributed by atoms with E-state index in [1.54, 1.807) is 30.1 Å². The lowest BCUT2D eigenvalue weighted by molar-refractivity contribution is -0.119. The summed E-state index contributed by atoms with van der Waals surface area (Å²) in [6.07, 6.45) is 4.54. The average Bonchev–Trinajstić information content (AvgIpc) is 3.36. The van der Waals surface area contributed by atoms with E-state index < -0.39 is 12.2 Å². The van der Waals surface area contributed by atoms with Crippen molar-refractivity contribution in [2.24, 2.45) is 10.9 Å². The number of rotatable bonds is 5. The molecular formula is C24H27N9O2. The number of hydrogen-bond donors (Lipinski definition) is 4. The number of para-hydroxylation sites is 1. The first-order chi connectivity index (χ1) is 17.1. The number of urea groups is 1. The molecule has 0 spiro atoms. The van der Waals surface area contributed by atoms with Gasteiger partial charge in [0.15, 0.2) is 0 Å². The van der Waals surface area contributed by atoms with Gasteiger partial charge in [0.1, 0.15) is 0 Å². The maximum atomic E-state index is 13.3. The Hall–Kier alpha value is -4.28. The lowest BCUT2D eigenvalue weighted by Crippen LogP contribution is -2.47. The van der Waals surface area contributed by atoms with Crippen molar-refractivity contribution in [3.8, 4) is 0 Å². The summed E-state index contributed by atoms with van der Waals surface area (Å²) in [6, 6.07) is 14.4. The summed E-state index contributed by atoms with van der Waals surface area (Å²) in [5.74, 6) is 0.361. The molecule has 3 amide bonds. The predicted octanol–water partition coefficient (Wildman–Crippen LogP) is 3.44. The second-order valence-corrected chi connectivity index (χ2v) is 8.72. The first-order valence-corrected chi connectivity index (χ1v) is 11.7. The Kier molecular flexibility index (Phi) is 6.38. The van der Waals surface area contributed by atoms with E-state index in [-0.39, 0.29) is 11.8 Å². The Bertz CT molecular complexity index is 1240. The van der Waals surface area contributed by atoms with E-state index in [4.69, 9.17) is 4.99 Å². The number of nitrogens with one attached hydrogen (secondary N) is 4. The van der Waals surface area contributed by atoms with Gasteiger partial charge in [-0.05, 0) is 47.5 Å². The quantitative estimate of drug-likeness (QED) is 0.447. The molecule has 11 nitrogen and oxygen atoms in total. The normalized spacial score (nSPS) is 18.3. The number of aliphatic imine (C=N–C) groups is 1. The number of nitrogens with zero attached hydrogens (tertiary/aromatic N) is 5. The highest BCUT2D eigenvalue weighted by Gasteiger charge is 2.33. The van der Waals surface area contributed by atoms with Crippen LogP contribution in [0.25, 0.3) is 0 Å². The highest BCUT2D eigenvalue weighted by Crippen LogP contribution is 2.33. The zero-order valence-electron chi connectivity index (χ0n) is 19.4. The largest absolute Gasteiger partial charge is 0.323 e. The van der Waals surface area contributed by atoms with E-state index in [0.29, 0.717) is 17.3 Å². The van der Waals surface area contributed by atoms with Crippen LogP contribution in [-0.4, -0.2) is 51.5 Å². The molecule has 0 saturated heterocycles. The van der Waals surface area contributed by atoms with Crippen molar-refractivity contribution in [3.05, 3.63) is 54.1 Å². The summed E-state index contributed by atoms with van der Waals surface area (Å²) >= 11 is 0. The van der Waals surface area contributed by atoms with Crippen molar-refractivity contribution in [1.29, 1.82) is 0 Å². The molecule has 2 aliphatic rings. The Balaban J connectivity index is 1.36. The minimum Gasteiger partial charge on any atom is -0.323 e. The number of benzene rings is 2. The van der Waals surface area contributed by atoms with Crippen LogP contribution in [0.4, 0.5) is 27.8 Å². The van der Waals surface area contributed by atoms with Crippen molar-refractivity contribution in [2.75, 3.05) is 22.6 Å². The predicted molar refractivity (Wildman–Crippen MR) is 133 cm³/mol. The number of likely N-dealkylation sites (N-methyl/N-ethyl adjacent to an activating group) is 1. The molecule has 1 atom stereocenters. The summed E-state index contributed by atoms with van der Waals surface area (Å²) in [6.45, 7) is 0. The van der Waals surface area contributed by atoms with Crippen molar-refractivity contribution in [2.45, 2.75) is 38.3 Å². The van der Waals surface area contributed by atoms with E-state index in [2.05, 4.69) is 36.6 Å². The van der Waals surface area contributed by atoms with Gasteiger partial charge in [0.25, 0.3) is 5.91 Å². The molecule has 2 heterocycles. The molecule has 0 bridgehead atoms. The summed E-state index contributed by atoms with van der Waals surface area (Å²) in [4.78, 5) is 32.6. The van der Waals surface area contributed by atoms with Gasteiger partial charge in [0, 0.05) is 29.9 Å². The van der Waals surface area contributed by atoms with Crippen molar-refractivity contribution < 1.29 is 9.59 Å². The van der Waals surface area contributed by atoms with Gasteiger partial charge >= 0.3 is 6.03 Å². The Morgan fingerprint density at radius 1 is 1.06 bits per heavy atom. The fourth-order valence-corrected chi connectivity index (χ4v) is 4.66. The first kappa shape index (κ1) is 22.5. The third-order valence-electron chi connectivity index (χ3n) is 6.36. The maximum Gasteiger partial charge on any atom is 0.321 e. The standard InChI is InChI=1S/C24H27N9O2/c1-33-19-13-6-5-12-18(19)20(15-8-3-2-4-9-15)27-21(22(33)34)28-24(35)26-17-11-7-10-16(14-17)25-23-29-31-32-30-23/h5-7,10-15,21H,2-4,8-9H2,1H3,(H2,26,28,35)(H2,25,29,30,31,32)/t21-/m0/s1. The molecule has 5 rings (SSSR count). The lowest BCUT2D eigenvalue weighted by Gasteiger charge is -2.25. The van der Waals surface area contributed by atoms with Crippen LogP contribution in [0, 0.1) is 5.92 Å². The Morgan fingerprint density at radius 2 is 1.86 bits per heavy atom. The number of carbonyl (C=O) groups excluding carboxylic acids is 2. The molecular weight excluding hydrogens is 446 g/mol. The van der Waals surface area contributed by atoms with Gasteiger partial charge in [-0.2, -0.15) is 0 Å². The molecule has 180 valence electrons. The molecule has 2 aromatic carbocycles. The number of aromatic nitrogens is 4. The van der Waals surface area contributed by atoms with E-state index in [0.717, 1.165) is 42.6 Å². The Morgan fingerprint density at radius 3 is 2.66 bits per heavy atom. The third kappa shape index (κ3) is 4.98. The van der Waals surface area contributed by atoms with Crippen LogP contribution in [-0.2, 0) is 4.79 Å². The van der Waals surface area contributed by atoms with Gasteiger partial charge in [-0.15, -0.1) is 0 Å². The second kappa shape index (κ2) is 9.92. The van der Waals surface area contributed by atoms with E-state index >= 15 is 0 Å². The minimum atomic E-state index is -1.02. The highest BCUT2D eigenvalue weighted by atomic mass is 16.2. The Labute approximate surface area is 202 Å². The van der Waals surface area contributed by atoms with Gasteiger partial charge in [-0.1, -0.05) is 48.6 Å². The first-order valence-electron chi connectivity index (χ1n) is 11.7. The fourth-order valence-electron chi connectivity index (χ4n) is 4.66. The molecule has 3 aromatic rings. The fraction of sp³-hybridized carbons (Fsp3) is 0.333. The number of tetrazole rings is 1. The number of anilines is 4. The molecule has 4 N–H and O–H groups in total. The molecule has 0 unspecified atom stereocenters. The molecule has 1 fully saturated rings. The molecule has 35 heavy (non-hydrogen) atoms. The smallest absolute Gasteiger partial charge is 0.321 e. The molecule has 1 aliphatic carbocycles. The number of hydrogen-bond acceptors (Lipinski definition) is 7. The summed E-state index contributed by atoms with van der Waals surface area (Å²) in [5, 5.41) is 22.0. The second-order valence-electron chi connectivity index (χ2n) is 8.72.